The highest BCUT2D eigenvalue weighted by atomic mass is 16.5. The predicted molar refractivity (Wildman–Crippen MR) is 46.8 cm³/mol. The van der Waals surface area contributed by atoms with Crippen molar-refractivity contribution in [2.45, 2.75) is 38.7 Å². The van der Waals surface area contributed by atoms with Gasteiger partial charge in [0.15, 0.2) is 0 Å². The van der Waals surface area contributed by atoms with E-state index in [2.05, 4.69) is 12.2 Å². The smallest absolute Gasteiger partial charge is 0.0711 e. The third-order valence-electron chi connectivity index (χ3n) is 2.12. The summed E-state index contributed by atoms with van der Waals surface area (Å²) in [5, 5.41) is 3.29. The first-order valence-corrected chi connectivity index (χ1v) is 4.76. The fourth-order valence-electron chi connectivity index (χ4n) is 1.37. The van der Waals surface area contributed by atoms with Crippen LogP contribution in [0.25, 0.3) is 0 Å². The number of hydrogen-bond donors (Lipinski definition) is 1. The molecule has 1 heterocycles. The molecule has 66 valence electrons. The summed E-state index contributed by atoms with van der Waals surface area (Å²) in [6.07, 6.45) is 5.53. The standard InChI is InChI=1S/C9H19NO/c1-2-3-4-7-11-9-5-6-10-8-9/h9-10H,2-8H2,1H3/t9-/m0/s1. The van der Waals surface area contributed by atoms with Crippen LogP contribution in [0.4, 0.5) is 0 Å². The summed E-state index contributed by atoms with van der Waals surface area (Å²) in [5.74, 6) is 0. The van der Waals surface area contributed by atoms with Crippen molar-refractivity contribution in [1.29, 1.82) is 0 Å². The Morgan fingerprint density at radius 1 is 1.45 bits per heavy atom. The second-order valence-electron chi connectivity index (χ2n) is 3.19. The largest absolute Gasteiger partial charge is 0.377 e. The van der Waals surface area contributed by atoms with Crippen LogP contribution in [0.5, 0.6) is 0 Å². The summed E-state index contributed by atoms with van der Waals surface area (Å²) < 4.78 is 5.64. The molecule has 2 heteroatoms. The second-order valence-corrected chi connectivity index (χ2v) is 3.19. The van der Waals surface area contributed by atoms with Gasteiger partial charge in [-0.3, -0.25) is 0 Å². The van der Waals surface area contributed by atoms with Crippen molar-refractivity contribution < 1.29 is 4.74 Å². The van der Waals surface area contributed by atoms with Crippen molar-refractivity contribution in [1.82, 2.24) is 5.32 Å². The predicted octanol–water partition coefficient (Wildman–Crippen LogP) is 1.56. The van der Waals surface area contributed by atoms with E-state index >= 15 is 0 Å². The van der Waals surface area contributed by atoms with Gasteiger partial charge in [-0.1, -0.05) is 19.8 Å². The number of rotatable bonds is 5. The molecule has 0 aromatic carbocycles. The molecule has 0 amide bonds. The highest BCUT2D eigenvalue weighted by Gasteiger charge is 2.13. The normalized spacial score (nSPS) is 24.3. The maximum absolute atomic E-state index is 5.64. The molecule has 1 atom stereocenters. The number of unbranched alkanes of at least 4 members (excludes halogenated alkanes) is 2. The SMILES string of the molecule is CCCCCO[C@H]1CCNC1. The Labute approximate surface area is 69.3 Å². The first-order chi connectivity index (χ1) is 5.43. The van der Waals surface area contributed by atoms with Gasteiger partial charge >= 0.3 is 0 Å². The van der Waals surface area contributed by atoms with E-state index in [0.717, 1.165) is 19.7 Å². The van der Waals surface area contributed by atoms with E-state index in [4.69, 9.17) is 4.74 Å². The molecule has 0 bridgehead atoms. The molecule has 0 spiro atoms. The van der Waals surface area contributed by atoms with Crippen LogP contribution in [0.15, 0.2) is 0 Å². The summed E-state index contributed by atoms with van der Waals surface area (Å²) in [5.41, 5.74) is 0. The van der Waals surface area contributed by atoms with Crippen molar-refractivity contribution in [3.8, 4) is 0 Å². The van der Waals surface area contributed by atoms with Gasteiger partial charge in [0, 0.05) is 13.2 Å². The molecule has 1 fully saturated rings. The van der Waals surface area contributed by atoms with E-state index in [1.165, 1.54) is 25.7 Å². The maximum atomic E-state index is 5.64. The molecule has 0 radical (unpaired) electrons. The minimum Gasteiger partial charge on any atom is -0.377 e. The molecular weight excluding hydrogens is 138 g/mol. The zero-order valence-corrected chi connectivity index (χ0v) is 7.44. The molecule has 0 unspecified atom stereocenters. The maximum Gasteiger partial charge on any atom is 0.0711 e. The molecule has 2 nitrogen and oxygen atoms in total. The van der Waals surface area contributed by atoms with Crippen molar-refractivity contribution in [3.63, 3.8) is 0 Å². The zero-order chi connectivity index (χ0) is 7.94. The van der Waals surface area contributed by atoms with Crippen LogP contribution >= 0.6 is 0 Å². The van der Waals surface area contributed by atoms with E-state index in [-0.39, 0.29) is 0 Å². The van der Waals surface area contributed by atoms with Crippen LogP contribution in [0, 0.1) is 0 Å². The van der Waals surface area contributed by atoms with Gasteiger partial charge in [-0.2, -0.15) is 0 Å². The molecule has 0 aromatic heterocycles. The molecule has 1 aliphatic rings. The Kier molecular flexibility index (Phi) is 4.55. The lowest BCUT2D eigenvalue weighted by Crippen LogP contribution is -2.17. The third-order valence-corrected chi connectivity index (χ3v) is 2.12. The molecule has 0 aromatic rings. The average Bonchev–Trinajstić information content (AvgIpc) is 2.50. The minimum atomic E-state index is 0.506. The molecule has 11 heavy (non-hydrogen) atoms. The van der Waals surface area contributed by atoms with Crippen molar-refractivity contribution >= 4 is 0 Å². The van der Waals surface area contributed by atoms with Crippen molar-refractivity contribution in [3.05, 3.63) is 0 Å². The van der Waals surface area contributed by atoms with E-state index in [9.17, 15) is 0 Å². The number of hydrogen-bond acceptors (Lipinski definition) is 2. The lowest BCUT2D eigenvalue weighted by molar-refractivity contribution is 0.0644. The quantitative estimate of drug-likeness (QED) is 0.611. The van der Waals surface area contributed by atoms with Gasteiger partial charge in [0.05, 0.1) is 6.10 Å². The van der Waals surface area contributed by atoms with Crippen LogP contribution in [0.3, 0.4) is 0 Å². The van der Waals surface area contributed by atoms with E-state index in [0.29, 0.717) is 6.10 Å². The van der Waals surface area contributed by atoms with Crippen LogP contribution in [0.2, 0.25) is 0 Å². The highest BCUT2D eigenvalue weighted by molar-refractivity contribution is 4.70. The van der Waals surface area contributed by atoms with Gasteiger partial charge in [-0.25, -0.2) is 0 Å². The number of nitrogens with one attached hydrogen (secondary N) is 1. The molecule has 1 aliphatic heterocycles. The molecular formula is C9H19NO. The molecule has 0 aliphatic carbocycles. The molecule has 1 saturated heterocycles. The number of ether oxygens (including phenoxy) is 1. The summed E-state index contributed by atoms with van der Waals surface area (Å²) in [4.78, 5) is 0. The van der Waals surface area contributed by atoms with Crippen LogP contribution in [-0.4, -0.2) is 25.8 Å². The van der Waals surface area contributed by atoms with Crippen molar-refractivity contribution in [2.75, 3.05) is 19.7 Å². The van der Waals surface area contributed by atoms with Gasteiger partial charge < -0.3 is 10.1 Å². The fourth-order valence-corrected chi connectivity index (χ4v) is 1.37. The Balaban J connectivity index is 1.86. The van der Waals surface area contributed by atoms with Crippen LogP contribution in [-0.2, 0) is 4.74 Å². The Morgan fingerprint density at radius 3 is 3.00 bits per heavy atom. The van der Waals surface area contributed by atoms with Gasteiger partial charge in [0.1, 0.15) is 0 Å². The minimum absolute atomic E-state index is 0.506. The average molecular weight is 157 g/mol. The highest BCUT2D eigenvalue weighted by Crippen LogP contribution is 2.04. The van der Waals surface area contributed by atoms with Crippen molar-refractivity contribution in [2.24, 2.45) is 0 Å². The summed E-state index contributed by atoms with van der Waals surface area (Å²) in [7, 11) is 0. The van der Waals surface area contributed by atoms with Gasteiger partial charge in [-0.05, 0) is 19.4 Å². The van der Waals surface area contributed by atoms with E-state index < -0.39 is 0 Å². The first-order valence-electron chi connectivity index (χ1n) is 4.76. The Morgan fingerprint density at radius 2 is 2.36 bits per heavy atom. The topological polar surface area (TPSA) is 21.3 Å². The molecule has 1 rings (SSSR count). The lowest BCUT2D eigenvalue weighted by Gasteiger charge is -2.09. The van der Waals surface area contributed by atoms with E-state index in [1.807, 2.05) is 0 Å². The third kappa shape index (κ3) is 3.73. The molecule has 1 N–H and O–H groups in total. The Hall–Kier alpha value is -0.0800. The van der Waals surface area contributed by atoms with Crippen LogP contribution < -0.4 is 5.32 Å². The summed E-state index contributed by atoms with van der Waals surface area (Å²) in [6, 6.07) is 0. The Bertz CT molecular complexity index is 89.6. The fraction of sp³-hybridized carbons (Fsp3) is 1.00. The van der Waals surface area contributed by atoms with Gasteiger partial charge in [0.25, 0.3) is 0 Å². The monoisotopic (exact) mass is 157 g/mol. The molecule has 0 saturated carbocycles. The lowest BCUT2D eigenvalue weighted by atomic mass is 10.2. The van der Waals surface area contributed by atoms with E-state index in [1.54, 1.807) is 0 Å². The van der Waals surface area contributed by atoms with Crippen LogP contribution in [0.1, 0.15) is 32.6 Å². The summed E-state index contributed by atoms with van der Waals surface area (Å²) in [6.45, 7) is 5.38. The zero-order valence-electron chi connectivity index (χ0n) is 7.44. The van der Waals surface area contributed by atoms with Gasteiger partial charge in [0.2, 0.25) is 0 Å². The van der Waals surface area contributed by atoms with Gasteiger partial charge in [-0.15, -0.1) is 0 Å². The first kappa shape index (κ1) is 9.01. The summed E-state index contributed by atoms with van der Waals surface area (Å²) >= 11 is 0. The second kappa shape index (κ2) is 5.56.